The largest absolute Gasteiger partial charge is 0.488 e. The Kier molecular flexibility index (Phi) is 3.58. The Bertz CT molecular complexity index is 340. The number of benzene rings is 1. The first-order valence-electron chi connectivity index (χ1n) is 5.35. The second kappa shape index (κ2) is 4.37. The zero-order valence-corrected chi connectivity index (χ0v) is 9.91. The van der Waals surface area contributed by atoms with E-state index in [-0.39, 0.29) is 5.41 Å². The van der Waals surface area contributed by atoms with Crippen LogP contribution in [0, 0.1) is 0 Å². The highest BCUT2D eigenvalue weighted by atomic mass is 16.4. The highest BCUT2D eigenvalue weighted by molar-refractivity contribution is 6.59. The molecule has 1 rings (SSSR count). The molecule has 0 aliphatic rings. The van der Waals surface area contributed by atoms with E-state index in [4.69, 9.17) is 0 Å². The molecule has 0 bridgehead atoms. The van der Waals surface area contributed by atoms with Crippen molar-refractivity contribution in [2.24, 2.45) is 0 Å². The van der Waals surface area contributed by atoms with Crippen molar-refractivity contribution in [3.05, 3.63) is 29.3 Å². The van der Waals surface area contributed by atoms with Crippen molar-refractivity contribution >= 4 is 12.6 Å². The van der Waals surface area contributed by atoms with Crippen LogP contribution in [0.25, 0.3) is 0 Å². The van der Waals surface area contributed by atoms with Gasteiger partial charge in [-0.25, -0.2) is 0 Å². The maximum absolute atomic E-state index is 9.29. The number of hydrogen-bond donors (Lipinski definition) is 2. The van der Waals surface area contributed by atoms with Crippen molar-refractivity contribution in [3.8, 4) is 0 Å². The standard InChI is InChI=1S/C12H19BO2/c1-5-9-6-7-11(13(14)15)10(8-9)12(2,3)4/h6-8,14-15H,5H2,1-4H3. The molecule has 0 radical (unpaired) electrons. The van der Waals surface area contributed by atoms with Crippen molar-refractivity contribution in [2.45, 2.75) is 39.5 Å². The SMILES string of the molecule is CCc1ccc(B(O)O)c(C(C)(C)C)c1. The van der Waals surface area contributed by atoms with Gasteiger partial charge in [-0.15, -0.1) is 0 Å². The third kappa shape index (κ3) is 2.83. The highest BCUT2D eigenvalue weighted by Crippen LogP contribution is 2.21. The minimum absolute atomic E-state index is 0.0653. The lowest BCUT2D eigenvalue weighted by atomic mass is 9.70. The normalized spacial score (nSPS) is 11.6. The number of aryl methyl sites for hydroxylation is 1. The van der Waals surface area contributed by atoms with Gasteiger partial charge in [0.1, 0.15) is 0 Å². The molecule has 0 amide bonds. The van der Waals surface area contributed by atoms with Crippen LogP contribution >= 0.6 is 0 Å². The van der Waals surface area contributed by atoms with Crippen LogP contribution < -0.4 is 5.46 Å². The maximum Gasteiger partial charge on any atom is 0.488 e. The van der Waals surface area contributed by atoms with E-state index in [0.717, 1.165) is 12.0 Å². The fraction of sp³-hybridized carbons (Fsp3) is 0.500. The lowest BCUT2D eigenvalue weighted by molar-refractivity contribution is 0.424. The molecule has 0 aliphatic carbocycles. The molecule has 0 atom stereocenters. The van der Waals surface area contributed by atoms with Crippen LogP contribution in [-0.4, -0.2) is 17.2 Å². The average Bonchev–Trinajstić information content (AvgIpc) is 2.15. The number of hydrogen-bond acceptors (Lipinski definition) is 2. The molecule has 3 heteroatoms. The Morgan fingerprint density at radius 3 is 2.20 bits per heavy atom. The van der Waals surface area contributed by atoms with Gasteiger partial charge in [-0.2, -0.15) is 0 Å². The summed E-state index contributed by atoms with van der Waals surface area (Å²) < 4.78 is 0. The van der Waals surface area contributed by atoms with E-state index < -0.39 is 7.12 Å². The van der Waals surface area contributed by atoms with E-state index >= 15 is 0 Å². The molecule has 0 saturated heterocycles. The molecule has 0 heterocycles. The average molecular weight is 206 g/mol. The first-order chi connectivity index (χ1) is 6.86. The quantitative estimate of drug-likeness (QED) is 0.714. The first kappa shape index (κ1) is 12.3. The predicted molar refractivity (Wildman–Crippen MR) is 64.3 cm³/mol. The summed E-state index contributed by atoms with van der Waals surface area (Å²) in [6.07, 6.45) is 0.963. The lowest BCUT2D eigenvalue weighted by Gasteiger charge is -2.23. The van der Waals surface area contributed by atoms with Crippen LogP contribution in [0.1, 0.15) is 38.8 Å². The Labute approximate surface area is 92.1 Å². The summed E-state index contributed by atoms with van der Waals surface area (Å²) in [5.41, 5.74) is 2.78. The van der Waals surface area contributed by atoms with Gasteiger partial charge in [0.2, 0.25) is 0 Å². The summed E-state index contributed by atoms with van der Waals surface area (Å²) in [4.78, 5) is 0. The highest BCUT2D eigenvalue weighted by Gasteiger charge is 2.23. The molecule has 1 aromatic rings. The smallest absolute Gasteiger partial charge is 0.423 e. The summed E-state index contributed by atoms with van der Waals surface area (Å²) in [6.45, 7) is 8.33. The summed E-state index contributed by atoms with van der Waals surface area (Å²) in [5, 5.41) is 18.6. The van der Waals surface area contributed by atoms with E-state index in [0.29, 0.717) is 5.46 Å². The van der Waals surface area contributed by atoms with Gasteiger partial charge in [-0.1, -0.05) is 45.9 Å². The van der Waals surface area contributed by atoms with Gasteiger partial charge in [-0.3, -0.25) is 0 Å². The van der Waals surface area contributed by atoms with Crippen LogP contribution in [0.2, 0.25) is 0 Å². The van der Waals surface area contributed by atoms with Crippen LogP contribution in [0.15, 0.2) is 18.2 Å². The van der Waals surface area contributed by atoms with Crippen LogP contribution in [0.3, 0.4) is 0 Å². The molecule has 0 saturated carbocycles. The Balaban J connectivity index is 3.29. The summed E-state index contributed by atoms with van der Waals surface area (Å²) >= 11 is 0. The Morgan fingerprint density at radius 2 is 1.80 bits per heavy atom. The fourth-order valence-corrected chi connectivity index (χ4v) is 1.70. The molecular formula is C12H19BO2. The minimum atomic E-state index is -1.38. The Morgan fingerprint density at radius 1 is 1.20 bits per heavy atom. The van der Waals surface area contributed by atoms with Crippen LogP contribution in [0.4, 0.5) is 0 Å². The van der Waals surface area contributed by atoms with Crippen LogP contribution in [0.5, 0.6) is 0 Å². The second-order valence-electron chi connectivity index (χ2n) is 4.90. The van der Waals surface area contributed by atoms with Gasteiger partial charge in [0.15, 0.2) is 0 Å². The van der Waals surface area contributed by atoms with Crippen molar-refractivity contribution in [3.63, 3.8) is 0 Å². The molecule has 15 heavy (non-hydrogen) atoms. The van der Waals surface area contributed by atoms with Gasteiger partial charge >= 0.3 is 7.12 Å². The van der Waals surface area contributed by atoms with E-state index in [9.17, 15) is 10.0 Å². The fourth-order valence-electron chi connectivity index (χ4n) is 1.70. The monoisotopic (exact) mass is 206 g/mol. The van der Waals surface area contributed by atoms with E-state index in [1.807, 2.05) is 12.1 Å². The topological polar surface area (TPSA) is 40.5 Å². The van der Waals surface area contributed by atoms with Crippen molar-refractivity contribution < 1.29 is 10.0 Å². The van der Waals surface area contributed by atoms with Gasteiger partial charge in [0.05, 0.1) is 0 Å². The summed E-state index contributed by atoms with van der Waals surface area (Å²) in [6, 6.07) is 5.82. The van der Waals surface area contributed by atoms with Gasteiger partial charge in [0, 0.05) is 0 Å². The molecule has 0 unspecified atom stereocenters. The minimum Gasteiger partial charge on any atom is -0.423 e. The predicted octanol–water partition coefficient (Wildman–Crippen LogP) is 1.23. The molecule has 1 aromatic carbocycles. The molecular weight excluding hydrogens is 187 g/mol. The summed E-state index contributed by atoms with van der Waals surface area (Å²) in [7, 11) is -1.38. The lowest BCUT2D eigenvalue weighted by Crippen LogP contribution is -2.37. The Hall–Kier alpha value is -0.795. The molecule has 0 aromatic heterocycles. The van der Waals surface area contributed by atoms with Gasteiger partial charge in [0.25, 0.3) is 0 Å². The maximum atomic E-state index is 9.29. The van der Waals surface area contributed by atoms with Gasteiger partial charge in [-0.05, 0) is 28.4 Å². The van der Waals surface area contributed by atoms with E-state index in [1.165, 1.54) is 5.56 Å². The zero-order chi connectivity index (χ0) is 11.6. The molecule has 0 fully saturated rings. The zero-order valence-electron chi connectivity index (χ0n) is 9.91. The summed E-state index contributed by atoms with van der Waals surface area (Å²) in [5.74, 6) is 0. The first-order valence-corrected chi connectivity index (χ1v) is 5.35. The molecule has 2 N–H and O–H groups in total. The van der Waals surface area contributed by atoms with Crippen molar-refractivity contribution in [2.75, 3.05) is 0 Å². The van der Waals surface area contributed by atoms with Crippen LogP contribution in [-0.2, 0) is 11.8 Å². The molecule has 0 aliphatic heterocycles. The third-order valence-corrected chi connectivity index (χ3v) is 2.61. The second-order valence-corrected chi connectivity index (χ2v) is 4.90. The van der Waals surface area contributed by atoms with E-state index in [2.05, 4.69) is 33.8 Å². The molecule has 82 valence electrons. The molecule has 0 spiro atoms. The van der Waals surface area contributed by atoms with E-state index in [1.54, 1.807) is 0 Å². The molecule has 2 nitrogen and oxygen atoms in total. The number of rotatable bonds is 2. The van der Waals surface area contributed by atoms with Gasteiger partial charge < -0.3 is 10.0 Å². The third-order valence-electron chi connectivity index (χ3n) is 2.61. The van der Waals surface area contributed by atoms with Crippen molar-refractivity contribution in [1.82, 2.24) is 0 Å². The van der Waals surface area contributed by atoms with Crippen molar-refractivity contribution in [1.29, 1.82) is 0 Å².